The minimum Gasteiger partial charge on any atom is -0.466 e. The van der Waals surface area contributed by atoms with Crippen LogP contribution in [-0.4, -0.2) is 33.1 Å². The lowest BCUT2D eigenvalue weighted by atomic mass is 10.4. The van der Waals surface area contributed by atoms with Crippen LogP contribution in [0.3, 0.4) is 0 Å². The zero-order valence-electron chi connectivity index (χ0n) is 7.12. The third-order valence-corrected chi connectivity index (χ3v) is 1.16. The summed E-state index contributed by atoms with van der Waals surface area (Å²) in [5.41, 5.74) is 0. The number of hydrogen-bond donors (Lipinski definition) is 0. The first kappa shape index (κ1) is 10.4. The minimum atomic E-state index is -0.492. The molecule has 0 N–H and O–H groups in total. The van der Waals surface area contributed by atoms with Gasteiger partial charge in [0.2, 0.25) is 0 Å². The summed E-state index contributed by atoms with van der Waals surface area (Å²) in [6.07, 6.45) is -0.352. The summed E-state index contributed by atoms with van der Waals surface area (Å²) in [6.45, 7) is 2.14. The standard InChI is InChI=1S/C7H14O4/c1-4-11-6(8)5-7(9-2)10-3/h7H,4-5H2,1-3H3. The SMILES string of the molecule is CCOC(=O)CC(OC)OC. The van der Waals surface area contributed by atoms with E-state index in [-0.39, 0.29) is 12.4 Å². The van der Waals surface area contributed by atoms with Gasteiger partial charge in [0.1, 0.15) is 0 Å². The van der Waals surface area contributed by atoms with E-state index < -0.39 is 6.29 Å². The van der Waals surface area contributed by atoms with Gasteiger partial charge in [0.15, 0.2) is 6.29 Å². The largest absolute Gasteiger partial charge is 0.466 e. The van der Waals surface area contributed by atoms with Gasteiger partial charge in [-0.1, -0.05) is 0 Å². The molecule has 0 unspecified atom stereocenters. The Hall–Kier alpha value is -0.610. The van der Waals surface area contributed by atoms with E-state index in [1.54, 1.807) is 6.92 Å². The first-order chi connectivity index (χ1) is 5.24. The van der Waals surface area contributed by atoms with E-state index in [4.69, 9.17) is 9.47 Å². The number of hydrogen-bond acceptors (Lipinski definition) is 4. The van der Waals surface area contributed by atoms with Crippen LogP contribution < -0.4 is 0 Å². The fourth-order valence-corrected chi connectivity index (χ4v) is 0.619. The number of methoxy groups -OCH3 is 2. The normalized spacial score (nSPS) is 10.2. The van der Waals surface area contributed by atoms with E-state index in [9.17, 15) is 4.79 Å². The second-order valence-electron chi connectivity index (χ2n) is 1.91. The van der Waals surface area contributed by atoms with Gasteiger partial charge in [0, 0.05) is 14.2 Å². The Morgan fingerprint density at radius 2 is 1.91 bits per heavy atom. The van der Waals surface area contributed by atoms with Crippen molar-refractivity contribution in [2.75, 3.05) is 20.8 Å². The molecule has 0 saturated carbocycles. The highest BCUT2D eigenvalue weighted by molar-refractivity contribution is 5.69. The Bertz CT molecular complexity index is 109. The molecule has 4 nitrogen and oxygen atoms in total. The summed E-state index contributed by atoms with van der Waals surface area (Å²) in [5.74, 6) is -0.304. The van der Waals surface area contributed by atoms with Gasteiger partial charge in [-0.2, -0.15) is 0 Å². The predicted molar refractivity (Wildman–Crippen MR) is 39.1 cm³/mol. The molecule has 0 aliphatic rings. The Morgan fingerprint density at radius 3 is 2.27 bits per heavy atom. The summed E-state index contributed by atoms with van der Waals surface area (Å²) in [6, 6.07) is 0. The smallest absolute Gasteiger partial charge is 0.310 e. The molecular weight excluding hydrogens is 148 g/mol. The van der Waals surface area contributed by atoms with Crippen molar-refractivity contribution in [2.45, 2.75) is 19.6 Å². The van der Waals surface area contributed by atoms with Crippen molar-refractivity contribution >= 4 is 5.97 Å². The van der Waals surface area contributed by atoms with E-state index in [1.807, 2.05) is 0 Å². The van der Waals surface area contributed by atoms with Crippen LogP contribution >= 0.6 is 0 Å². The molecule has 0 amide bonds. The maximum absolute atomic E-state index is 10.8. The topological polar surface area (TPSA) is 44.8 Å². The van der Waals surface area contributed by atoms with E-state index >= 15 is 0 Å². The monoisotopic (exact) mass is 162 g/mol. The maximum atomic E-state index is 10.8. The molecular formula is C7H14O4. The van der Waals surface area contributed by atoms with Crippen molar-refractivity contribution in [1.29, 1.82) is 0 Å². The lowest BCUT2D eigenvalue weighted by Crippen LogP contribution is -2.19. The molecule has 0 aromatic rings. The molecule has 0 spiro atoms. The fourth-order valence-electron chi connectivity index (χ4n) is 0.619. The number of rotatable bonds is 5. The fraction of sp³-hybridized carbons (Fsp3) is 0.857. The summed E-state index contributed by atoms with van der Waals surface area (Å²) in [5, 5.41) is 0. The van der Waals surface area contributed by atoms with Crippen molar-refractivity contribution in [2.24, 2.45) is 0 Å². The molecule has 0 aromatic heterocycles. The molecule has 0 aromatic carbocycles. The Balaban J connectivity index is 3.54. The molecule has 11 heavy (non-hydrogen) atoms. The number of esters is 1. The van der Waals surface area contributed by atoms with Crippen LogP contribution in [-0.2, 0) is 19.0 Å². The Kier molecular flexibility index (Phi) is 5.78. The average molecular weight is 162 g/mol. The summed E-state index contributed by atoms with van der Waals surface area (Å²) in [7, 11) is 2.96. The first-order valence-corrected chi connectivity index (χ1v) is 3.45. The van der Waals surface area contributed by atoms with Crippen LogP contribution in [0.5, 0.6) is 0 Å². The molecule has 66 valence electrons. The van der Waals surface area contributed by atoms with Crippen LogP contribution in [0.1, 0.15) is 13.3 Å². The van der Waals surface area contributed by atoms with Crippen molar-refractivity contribution in [3.8, 4) is 0 Å². The molecule has 0 aliphatic carbocycles. The molecule has 0 heterocycles. The molecule has 0 saturated heterocycles. The van der Waals surface area contributed by atoms with Crippen LogP contribution in [0.15, 0.2) is 0 Å². The van der Waals surface area contributed by atoms with Gasteiger partial charge in [-0.15, -0.1) is 0 Å². The van der Waals surface area contributed by atoms with E-state index in [0.717, 1.165) is 0 Å². The van der Waals surface area contributed by atoms with Crippen molar-refractivity contribution < 1.29 is 19.0 Å². The van der Waals surface area contributed by atoms with Crippen molar-refractivity contribution in [3.63, 3.8) is 0 Å². The third-order valence-electron chi connectivity index (χ3n) is 1.16. The second kappa shape index (κ2) is 6.12. The highest BCUT2D eigenvalue weighted by atomic mass is 16.7. The Labute approximate surface area is 66.4 Å². The van der Waals surface area contributed by atoms with Crippen LogP contribution in [0.2, 0.25) is 0 Å². The van der Waals surface area contributed by atoms with E-state index in [0.29, 0.717) is 6.61 Å². The third kappa shape index (κ3) is 4.75. The Morgan fingerprint density at radius 1 is 1.36 bits per heavy atom. The lowest BCUT2D eigenvalue weighted by molar-refractivity contribution is -0.158. The van der Waals surface area contributed by atoms with Crippen LogP contribution in [0.25, 0.3) is 0 Å². The zero-order valence-corrected chi connectivity index (χ0v) is 7.12. The molecule has 0 aliphatic heterocycles. The highest BCUT2D eigenvalue weighted by Crippen LogP contribution is 1.98. The number of carbonyl (C=O) groups is 1. The quantitative estimate of drug-likeness (QED) is 0.437. The van der Waals surface area contributed by atoms with E-state index in [2.05, 4.69) is 4.74 Å². The summed E-state index contributed by atoms with van der Waals surface area (Å²) >= 11 is 0. The first-order valence-electron chi connectivity index (χ1n) is 3.45. The van der Waals surface area contributed by atoms with E-state index in [1.165, 1.54) is 14.2 Å². The average Bonchev–Trinajstić information content (AvgIpc) is 2.01. The summed E-state index contributed by atoms with van der Waals surface area (Å²) in [4.78, 5) is 10.8. The van der Waals surface area contributed by atoms with Crippen molar-refractivity contribution in [3.05, 3.63) is 0 Å². The molecule has 0 atom stereocenters. The molecule has 0 fully saturated rings. The van der Waals surface area contributed by atoms with Gasteiger partial charge < -0.3 is 14.2 Å². The predicted octanol–water partition coefficient (Wildman–Crippen LogP) is 0.558. The lowest BCUT2D eigenvalue weighted by Gasteiger charge is -2.11. The van der Waals surface area contributed by atoms with Crippen LogP contribution in [0, 0.1) is 0 Å². The minimum absolute atomic E-state index is 0.140. The van der Waals surface area contributed by atoms with Gasteiger partial charge >= 0.3 is 5.97 Å². The maximum Gasteiger partial charge on any atom is 0.310 e. The van der Waals surface area contributed by atoms with Gasteiger partial charge in [-0.05, 0) is 6.92 Å². The molecule has 0 radical (unpaired) electrons. The second-order valence-corrected chi connectivity index (χ2v) is 1.91. The highest BCUT2D eigenvalue weighted by Gasteiger charge is 2.11. The molecule has 0 rings (SSSR count). The van der Waals surface area contributed by atoms with Gasteiger partial charge in [-0.25, -0.2) is 0 Å². The van der Waals surface area contributed by atoms with Crippen molar-refractivity contribution in [1.82, 2.24) is 0 Å². The molecule has 4 heteroatoms. The van der Waals surface area contributed by atoms with Crippen LogP contribution in [0.4, 0.5) is 0 Å². The molecule has 0 bridgehead atoms. The van der Waals surface area contributed by atoms with Gasteiger partial charge in [0.05, 0.1) is 13.0 Å². The zero-order chi connectivity index (χ0) is 8.69. The van der Waals surface area contributed by atoms with Gasteiger partial charge in [0.25, 0.3) is 0 Å². The number of carbonyl (C=O) groups excluding carboxylic acids is 1. The summed E-state index contributed by atoms with van der Waals surface area (Å²) < 4.78 is 14.3. The number of ether oxygens (including phenoxy) is 3. The van der Waals surface area contributed by atoms with Gasteiger partial charge in [-0.3, -0.25) is 4.79 Å².